The molecule has 0 aliphatic rings. The number of nitrogens with zero attached hydrogens (tertiary/aromatic N) is 2. The van der Waals surface area contributed by atoms with Crippen molar-refractivity contribution in [2.75, 3.05) is 0 Å². The van der Waals surface area contributed by atoms with Crippen molar-refractivity contribution in [2.45, 2.75) is 17.5 Å². The van der Waals surface area contributed by atoms with E-state index in [1.807, 2.05) is 42.5 Å². The first-order valence-electron chi connectivity index (χ1n) is 8.71. The minimum absolute atomic E-state index is 0.437. The number of nitrogens with two attached hydrogens (primary N) is 1. The van der Waals surface area contributed by atoms with Crippen molar-refractivity contribution < 1.29 is 4.79 Å². The summed E-state index contributed by atoms with van der Waals surface area (Å²) >= 11 is 1.70. The molecule has 0 saturated heterocycles. The van der Waals surface area contributed by atoms with Crippen molar-refractivity contribution in [3.8, 4) is 0 Å². The summed E-state index contributed by atoms with van der Waals surface area (Å²) in [5.41, 5.74) is 10.2. The lowest BCUT2D eigenvalue weighted by molar-refractivity contribution is 0.100. The molecule has 1 aromatic heterocycles. The smallest absolute Gasteiger partial charge is 0.248 e. The Morgan fingerprint density at radius 3 is 2.26 bits per heavy atom. The van der Waals surface area contributed by atoms with Gasteiger partial charge in [-0.15, -0.1) is 0 Å². The van der Waals surface area contributed by atoms with Gasteiger partial charge in [-0.25, -0.2) is 4.98 Å². The van der Waals surface area contributed by atoms with E-state index in [1.54, 1.807) is 23.9 Å². The molecule has 0 aliphatic carbocycles. The van der Waals surface area contributed by atoms with Gasteiger partial charge in [0.15, 0.2) is 5.16 Å². The molecule has 0 bridgehead atoms. The largest absolute Gasteiger partial charge is 0.366 e. The second kappa shape index (κ2) is 7.68. The van der Waals surface area contributed by atoms with Crippen LogP contribution in [0, 0.1) is 0 Å². The molecule has 2 N–H and O–H groups in total. The van der Waals surface area contributed by atoms with Gasteiger partial charge in [-0.05, 0) is 29.3 Å². The topological polar surface area (TPSA) is 60.9 Å². The van der Waals surface area contributed by atoms with Crippen LogP contribution < -0.4 is 5.73 Å². The van der Waals surface area contributed by atoms with Crippen LogP contribution in [-0.4, -0.2) is 15.5 Å². The number of hydrogen-bond donors (Lipinski definition) is 1. The van der Waals surface area contributed by atoms with Gasteiger partial charge in [0.1, 0.15) is 0 Å². The minimum atomic E-state index is -0.437. The number of aromatic nitrogens is 2. The number of fused-ring (bicyclic) bond motifs is 1. The van der Waals surface area contributed by atoms with Gasteiger partial charge in [0.25, 0.3) is 0 Å². The predicted octanol–water partition coefficient (Wildman–Crippen LogP) is 4.48. The Labute approximate surface area is 162 Å². The summed E-state index contributed by atoms with van der Waals surface area (Å²) in [4.78, 5) is 16.3. The van der Waals surface area contributed by atoms with Crippen molar-refractivity contribution in [1.82, 2.24) is 9.55 Å². The van der Waals surface area contributed by atoms with Gasteiger partial charge in [-0.2, -0.15) is 0 Å². The number of thioether (sulfide) groups is 1. The van der Waals surface area contributed by atoms with E-state index in [4.69, 9.17) is 10.7 Å². The third-order valence-corrected chi connectivity index (χ3v) is 5.44. The van der Waals surface area contributed by atoms with Crippen molar-refractivity contribution in [2.24, 2.45) is 5.73 Å². The third-order valence-electron chi connectivity index (χ3n) is 4.39. The lowest BCUT2D eigenvalue weighted by Gasteiger charge is -2.09. The number of rotatable bonds is 6. The highest BCUT2D eigenvalue weighted by Gasteiger charge is 2.14. The Hall–Kier alpha value is -3.05. The molecule has 0 spiro atoms. The van der Waals surface area contributed by atoms with Crippen molar-refractivity contribution in [3.63, 3.8) is 0 Å². The Balaban J connectivity index is 1.72. The lowest BCUT2D eigenvalue weighted by atomic mass is 10.2. The molecule has 4 rings (SSSR count). The summed E-state index contributed by atoms with van der Waals surface area (Å²) < 4.78 is 2.20. The third kappa shape index (κ3) is 3.88. The van der Waals surface area contributed by atoms with Crippen molar-refractivity contribution >= 4 is 28.7 Å². The number of primary amides is 1. The fourth-order valence-corrected chi connectivity index (χ4v) is 3.98. The summed E-state index contributed by atoms with van der Waals surface area (Å²) in [7, 11) is 0. The minimum Gasteiger partial charge on any atom is -0.366 e. The first-order valence-corrected chi connectivity index (χ1v) is 9.70. The average Bonchev–Trinajstić information content (AvgIpc) is 3.04. The van der Waals surface area contributed by atoms with E-state index in [1.165, 1.54) is 11.1 Å². The summed E-state index contributed by atoms with van der Waals surface area (Å²) in [6.07, 6.45) is 0. The number of benzene rings is 3. The number of amides is 1. The zero-order chi connectivity index (χ0) is 18.6. The van der Waals surface area contributed by atoms with Crippen LogP contribution in [0.3, 0.4) is 0 Å². The summed E-state index contributed by atoms with van der Waals surface area (Å²) in [6.45, 7) is 0.727. The first-order chi connectivity index (χ1) is 13.2. The SMILES string of the molecule is NC(=O)c1ccc2c(c1)nc(SCc1ccccc1)n2Cc1ccccc1. The second-order valence-corrected chi connectivity index (χ2v) is 7.25. The van der Waals surface area contributed by atoms with E-state index < -0.39 is 5.91 Å². The first kappa shape index (κ1) is 17.4. The quantitative estimate of drug-likeness (QED) is 0.507. The van der Waals surface area contributed by atoms with Crippen LogP contribution in [0.4, 0.5) is 0 Å². The van der Waals surface area contributed by atoms with E-state index in [0.29, 0.717) is 5.56 Å². The molecular weight excluding hydrogens is 354 g/mol. The van der Waals surface area contributed by atoms with Gasteiger partial charge in [0, 0.05) is 11.3 Å². The maximum absolute atomic E-state index is 11.5. The van der Waals surface area contributed by atoms with E-state index >= 15 is 0 Å². The molecule has 1 heterocycles. The molecular formula is C22H19N3OS. The maximum atomic E-state index is 11.5. The van der Waals surface area contributed by atoms with Gasteiger partial charge < -0.3 is 10.3 Å². The molecule has 0 fully saturated rings. The fourth-order valence-electron chi connectivity index (χ4n) is 3.01. The Kier molecular flexibility index (Phi) is 4.94. The highest BCUT2D eigenvalue weighted by molar-refractivity contribution is 7.98. The van der Waals surface area contributed by atoms with Crippen LogP contribution >= 0.6 is 11.8 Å². The normalized spacial score (nSPS) is 11.0. The molecule has 27 heavy (non-hydrogen) atoms. The van der Waals surface area contributed by atoms with Crippen LogP contribution in [0.15, 0.2) is 84.0 Å². The van der Waals surface area contributed by atoms with Crippen molar-refractivity contribution in [3.05, 3.63) is 95.6 Å². The Morgan fingerprint density at radius 1 is 0.926 bits per heavy atom. The molecule has 0 saturated carbocycles. The molecule has 134 valence electrons. The number of carbonyl (C=O) groups is 1. The number of carbonyl (C=O) groups excluding carboxylic acids is 1. The van der Waals surface area contributed by atoms with E-state index in [-0.39, 0.29) is 0 Å². The van der Waals surface area contributed by atoms with Gasteiger partial charge >= 0.3 is 0 Å². The lowest BCUT2D eigenvalue weighted by Crippen LogP contribution is -2.10. The highest BCUT2D eigenvalue weighted by Crippen LogP contribution is 2.28. The van der Waals surface area contributed by atoms with Crippen molar-refractivity contribution in [1.29, 1.82) is 0 Å². The molecule has 5 heteroatoms. The molecule has 0 radical (unpaired) electrons. The van der Waals surface area contributed by atoms with Crippen LogP contribution in [0.2, 0.25) is 0 Å². The molecule has 4 aromatic rings. The molecule has 0 atom stereocenters. The summed E-state index contributed by atoms with van der Waals surface area (Å²) in [5.74, 6) is 0.398. The zero-order valence-corrected chi connectivity index (χ0v) is 15.5. The number of hydrogen-bond acceptors (Lipinski definition) is 3. The summed E-state index contributed by atoms with van der Waals surface area (Å²) in [6, 6.07) is 26.1. The van der Waals surface area contributed by atoms with Gasteiger partial charge in [0.2, 0.25) is 5.91 Å². The van der Waals surface area contributed by atoms with Crippen LogP contribution in [0.1, 0.15) is 21.5 Å². The molecule has 4 nitrogen and oxygen atoms in total. The van der Waals surface area contributed by atoms with Gasteiger partial charge in [-0.3, -0.25) is 4.79 Å². The van der Waals surface area contributed by atoms with Crippen LogP contribution in [0.25, 0.3) is 11.0 Å². The highest BCUT2D eigenvalue weighted by atomic mass is 32.2. The standard InChI is InChI=1S/C22H19N3OS/c23-21(26)18-11-12-20-19(13-18)24-22(27-15-17-9-5-2-6-10-17)25(20)14-16-7-3-1-4-8-16/h1-13H,14-15H2,(H2,23,26). The van der Waals surface area contributed by atoms with Crippen LogP contribution in [-0.2, 0) is 12.3 Å². The van der Waals surface area contributed by atoms with Gasteiger partial charge in [-0.1, -0.05) is 72.4 Å². The zero-order valence-electron chi connectivity index (χ0n) is 14.7. The fraction of sp³-hybridized carbons (Fsp3) is 0.0909. The van der Waals surface area contributed by atoms with E-state index in [9.17, 15) is 4.79 Å². The van der Waals surface area contributed by atoms with Crippen LogP contribution in [0.5, 0.6) is 0 Å². The Bertz CT molecular complexity index is 1070. The second-order valence-electron chi connectivity index (χ2n) is 6.31. The summed E-state index contributed by atoms with van der Waals surface area (Å²) in [5, 5.41) is 0.930. The maximum Gasteiger partial charge on any atom is 0.248 e. The molecule has 0 unspecified atom stereocenters. The predicted molar refractivity (Wildman–Crippen MR) is 110 cm³/mol. The average molecular weight is 373 g/mol. The Morgan fingerprint density at radius 2 is 1.59 bits per heavy atom. The van der Waals surface area contributed by atoms with E-state index in [2.05, 4.69) is 28.8 Å². The monoisotopic (exact) mass is 373 g/mol. The molecule has 1 amide bonds. The van der Waals surface area contributed by atoms with E-state index in [0.717, 1.165) is 28.5 Å². The van der Waals surface area contributed by atoms with Gasteiger partial charge in [0.05, 0.1) is 17.6 Å². The molecule has 0 aliphatic heterocycles. The number of imidazole rings is 1. The molecule has 3 aromatic carbocycles.